The number of rotatable bonds is 4. The fourth-order valence-corrected chi connectivity index (χ4v) is 4.28. The number of aromatic carboxylic acids is 1. The van der Waals surface area contributed by atoms with Crippen LogP contribution in [0.4, 0.5) is 5.69 Å². The maximum absolute atomic E-state index is 12.8. The fourth-order valence-electron chi connectivity index (χ4n) is 2.94. The van der Waals surface area contributed by atoms with Crippen LogP contribution in [0.15, 0.2) is 47.5 Å². The highest BCUT2D eigenvalue weighted by Crippen LogP contribution is 2.28. The fraction of sp³-hybridized carbons (Fsp3) is 0.167. The molecular weight excluding hydrogens is 340 g/mol. The molecule has 7 heteroatoms. The van der Waals surface area contributed by atoms with E-state index in [4.69, 9.17) is 0 Å². The Balaban J connectivity index is 2.11. The van der Waals surface area contributed by atoms with Crippen LogP contribution in [0.1, 0.15) is 21.5 Å². The number of carbonyl (C=O) groups is 1. The van der Waals surface area contributed by atoms with E-state index < -0.39 is 16.0 Å². The molecule has 0 aliphatic carbocycles. The number of benzene rings is 2. The number of aromatic nitrogens is 1. The van der Waals surface area contributed by atoms with E-state index in [1.807, 2.05) is 29.9 Å². The van der Waals surface area contributed by atoms with E-state index >= 15 is 0 Å². The van der Waals surface area contributed by atoms with Crippen molar-refractivity contribution in [1.82, 2.24) is 4.57 Å². The average Bonchev–Trinajstić information content (AvgIpc) is 2.89. The van der Waals surface area contributed by atoms with Gasteiger partial charge in [-0.15, -0.1) is 0 Å². The molecule has 2 aromatic carbocycles. The van der Waals surface area contributed by atoms with E-state index in [0.717, 1.165) is 10.9 Å². The topological polar surface area (TPSA) is 88.4 Å². The van der Waals surface area contributed by atoms with E-state index in [1.54, 1.807) is 32.0 Å². The summed E-state index contributed by atoms with van der Waals surface area (Å²) < 4.78 is 30.2. The molecule has 25 heavy (non-hydrogen) atoms. The molecule has 0 spiro atoms. The number of nitrogens with one attached hydrogen (secondary N) is 1. The molecule has 0 aliphatic heterocycles. The largest absolute Gasteiger partial charge is 0.478 e. The Morgan fingerprint density at radius 1 is 1.12 bits per heavy atom. The zero-order valence-electron chi connectivity index (χ0n) is 14.1. The molecule has 3 rings (SSSR count). The number of anilines is 1. The van der Waals surface area contributed by atoms with Crippen LogP contribution in [0.3, 0.4) is 0 Å². The van der Waals surface area contributed by atoms with Gasteiger partial charge in [0.15, 0.2) is 0 Å². The Kier molecular flexibility index (Phi) is 4.04. The summed E-state index contributed by atoms with van der Waals surface area (Å²) >= 11 is 0. The van der Waals surface area contributed by atoms with E-state index in [1.165, 1.54) is 6.07 Å². The number of carboxylic acid groups (broad SMARTS) is 1. The SMILES string of the molecule is Cc1cc(C)c(S(=O)(=O)Nc2cccc3c2ccn3C)cc1C(=O)O. The van der Waals surface area contributed by atoms with Gasteiger partial charge in [0.05, 0.1) is 16.1 Å². The van der Waals surface area contributed by atoms with Crippen molar-refractivity contribution in [3.63, 3.8) is 0 Å². The van der Waals surface area contributed by atoms with Gasteiger partial charge in [0.1, 0.15) is 0 Å². The Morgan fingerprint density at radius 2 is 1.84 bits per heavy atom. The first-order valence-corrected chi connectivity index (χ1v) is 9.10. The summed E-state index contributed by atoms with van der Waals surface area (Å²) in [4.78, 5) is 11.3. The molecule has 0 aliphatic rings. The Hall–Kier alpha value is -2.80. The first-order chi connectivity index (χ1) is 11.7. The third kappa shape index (κ3) is 2.98. The van der Waals surface area contributed by atoms with Crippen molar-refractivity contribution in [2.24, 2.45) is 7.05 Å². The second-order valence-electron chi connectivity index (χ2n) is 6.01. The van der Waals surface area contributed by atoms with Gasteiger partial charge < -0.3 is 9.67 Å². The van der Waals surface area contributed by atoms with Crippen LogP contribution >= 0.6 is 0 Å². The molecule has 0 saturated heterocycles. The molecule has 0 radical (unpaired) electrons. The van der Waals surface area contributed by atoms with Gasteiger partial charge in [-0.25, -0.2) is 13.2 Å². The van der Waals surface area contributed by atoms with Crippen molar-refractivity contribution in [1.29, 1.82) is 0 Å². The molecule has 0 saturated carbocycles. The predicted octanol–water partition coefficient (Wildman–Crippen LogP) is 3.29. The Bertz CT molecular complexity index is 1100. The van der Waals surface area contributed by atoms with Crippen molar-refractivity contribution >= 4 is 32.6 Å². The summed E-state index contributed by atoms with van der Waals surface area (Å²) in [5, 5.41) is 10.0. The smallest absolute Gasteiger partial charge is 0.335 e. The summed E-state index contributed by atoms with van der Waals surface area (Å²) in [5.41, 5.74) is 2.34. The van der Waals surface area contributed by atoms with Gasteiger partial charge in [0.25, 0.3) is 10.0 Å². The summed E-state index contributed by atoms with van der Waals surface area (Å²) in [6.07, 6.45) is 1.85. The van der Waals surface area contributed by atoms with Gasteiger partial charge >= 0.3 is 5.97 Å². The zero-order valence-corrected chi connectivity index (χ0v) is 14.9. The molecule has 6 nitrogen and oxygen atoms in total. The molecule has 3 aromatic rings. The van der Waals surface area contributed by atoms with Crippen LogP contribution in [0.25, 0.3) is 10.9 Å². The van der Waals surface area contributed by atoms with Crippen LogP contribution in [-0.2, 0) is 17.1 Å². The van der Waals surface area contributed by atoms with E-state index in [2.05, 4.69) is 4.72 Å². The molecule has 130 valence electrons. The van der Waals surface area contributed by atoms with E-state index in [-0.39, 0.29) is 10.5 Å². The highest BCUT2D eigenvalue weighted by molar-refractivity contribution is 7.92. The molecular formula is C18H18N2O4S. The number of sulfonamides is 1. The first-order valence-electron chi connectivity index (χ1n) is 7.62. The first kappa shape index (κ1) is 17.0. The van der Waals surface area contributed by atoms with Crippen molar-refractivity contribution in [3.8, 4) is 0 Å². The quantitative estimate of drug-likeness (QED) is 0.749. The third-order valence-corrected chi connectivity index (χ3v) is 5.72. The van der Waals surface area contributed by atoms with Crippen LogP contribution in [0, 0.1) is 13.8 Å². The normalized spacial score (nSPS) is 11.6. The molecule has 0 bridgehead atoms. The zero-order chi connectivity index (χ0) is 18.4. The van der Waals surface area contributed by atoms with Crippen LogP contribution in [0.2, 0.25) is 0 Å². The number of fused-ring (bicyclic) bond motifs is 1. The lowest BCUT2D eigenvalue weighted by atomic mass is 10.1. The minimum atomic E-state index is -3.92. The predicted molar refractivity (Wildman–Crippen MR) is 96.6 cm³/mol. The molecule has 0 unspecified atom stereocenters. The standard InChI is InChI=1S/C18H18N2O4S/c1-11-9-12(2)17(10-14(11)18(21)22)25(23,24)19-15-5-4-6-16-13(15)7-8-20(16)3/h4-10,19H,1-3H3,(H,21,22). The number of hydrogen-bond donors (Lipinski definition) is 2. The van der Waals surface area contributed by atoms with Gasteiger partial charge in [-0.1, -0.05) is 12.1 Å². The van der Waals surface area contributed by atoms with Crippen molar-refractivity contribution in [2.45, 2.75) is 18.7 Å². The van der Waals surface area contributed by atoms with E-state index in [0.29, 0.717) is 16.8 Å². The molecule has 2 N–H and O–H groups in total. The van der Waals surface area contributed by atoms with Gasteiger partial charge in [-0.2, -0.15) is 0 Å². The van der Waals surface area contributed by atoms with E-state index in [9.17, 15) is 18.3 Å². The Morgan fingerprint density at radius 3 is 2.52 bits per heavy atom. The van der Waals surface area contributed by atoms with Crippen molar-refractivity contribution < 1.29 is 18.3 Å². The number of nitrogens with zero attached hydrogens (tertiary/aromatic N) is 1. The van der Waals surface area contributed by atoms with Crippen LogP contribution in [0.5, 0.6) is 0 Å². The van der Waals surface area contributed by atoms with Crippen LogP contribution < -0.4 is 4.72 Å². The second kappa shape index (κ2) is 5.93. The lowest BCUT2D eigenvalue weighted by Gasteiger charge is -2.13. The van der Waals surface area contributed by atoms with Gasteiger partial charge in [0.2, 0.25) is 0 Å². The molecule has 0 atom stereocenters. The highest BCUT2D eigenvalue weighted by atomic mass is 32.2. The Labute approximate surface area is 145 Å². The van der Waals surface area contributed by atoms with Crippen molar-refractivity contribution in [3.05, 3.63) is 59.3 Å². The molecule has 1 heterocycles. The molecule has 1 aromatic heterocycles. The van der Waals surface area contributed by atoms with Gasteiger partial charge in [-0.3, -0.25) is 4.72 Å². The third-order valence-electron chi connectivity index (χ3n) is 4.21. The van der Waals surface area contributed by atoms with Crippen molar-refractivity contribution in [2.75, 3.05) is 4.72 Å². The minimum absolute atomic E-state index is 0.0242. The maximum atomic E-state index is 12.8. The summed E-state index contributed by atoms with van der Waals surface area (Å²) in [7, 11) is -2.04. The molecule has 0 amide bonds. The lowest BCUT2D eigenvalue weighted by molar-refractivity contribution is 0.0696. The molecule has 0 fully saturated rings. The minimum Gasteiger partial charge on any atom is -0.478 e. The number of hydrogen-bond acceptors (Lipinski definition) is 3. The number of carboxylic acids is 1. The maximum Gasteiger partial charge on any atom is 0.335 e. The van der Waals surface area contributed by atoms with Gasteiger partial charge in [0, 0.05) is 24.1 Å². The van der Waals surface area contributed by atoms with Gasteiger partial charge in [-0.05, 0) is 49.2 Å². The highest BCUT2D eigenvalue weighted by Gasteiger charge is 2.21. The number of aryl methyl sites for hydroxylation is 3. The average molecular weight is 358 g/mol. The van der Waals surface area contributed by atoms with Crippen LogP contribution in [-0.4, -0.2) is 24.1 Å². The summed E-state index contributed by atoms with van der Waals surface area (Å²) in [5.74, 6) is -1.15. The summed E-state index contributed by atoms with van der Waals surface area (Å²) in [6.45, 7) is 3.29. The summed E-state index contributed by atoms with van der Waals surface area (Å²) in [6, 6.07) is 9.96. The monoisotopic (exact) mass is 358 g/mol. The lowest BCUT2D eigenvalue weighted by Crippen LogP contribution is -2.16. The second-order valence-corrected chi connectivity index (χ2v) is 7.66.